The van der Waals surface area contributed by atoms with Crippen LogP contribution < -0.4 is 4.74 Å². The maximum Gasteiger partial charge on any atom is 2.00 e. The molecule has 266 valence electrons. The number of rotatable bonds is 8. The summed E-state index contributed by atoms with van der Waals surface area (Å²) < 4.78 is 51.2. The molecule has 0 aliphatic carbocycles. The first-order valence-electron chi connectivity index (χ1n) is 16.9. The van der Waals surface area contributed by atoms with Gasteiger partial charge in [-0.05, 0) is 83.9 Å². The van der Waals surface area contributed by atoms with Crippen LogP contribution in [-0.4, -0.2) is 27.7 Å². The van der Waals surface area contributed by atoms with Crippen LogP contribution in [0.15, 0.2) is 132 Å². The first-order chi connectivity index (χ1) is 25.1. The van der Waals surface area contributed by atoms with Gasteiger partial charge in [0.1, 0.15) is 11.6 Å². The van der Waals surface area contributed by atoms with E-state index in [1.165, 1.54) is 18.3 Å². The minimum absolute atomic E-state index is 0. The van der Waals surface area contributed by atoms with Crippen LogP contribution in [0.1, 0.15) is 36.5 Å². The number of ether oxygens (including phenoxy) is 1. The standard InChI is InChI=1S/C43H33FN4O3S.Pt/c1-27(2)30-20-33(47-26-31(25-46-47)43-28(3)18-37(19-29(43)4)52(49,50)36-10-6-5-7-11-36)23-35(21-30)51-34-14-15-39-38-12-8-9-13-40(38)48(41(39)24-34)42-22-32(44)16-17-45-42;/h5-22,25-27H,1-4H3;/q-2;+2. The first-order valence-corrected chi connectivity index (χ1v) is 18.3. The molecule has 0 fully saturated rings. The molecule has 5 aromatic carbocycles. The summed E-state index contributed by atoms with van der Waals surface area (Å²) in [7, 11) is -3.66. The molecule has 0 amide bonds. The van der Waals surface area contributed by atoms with Gasteiger partial charge in [0.05, 0.1) is 16.0 Å². The van der Waals surface area contributed by atoms with Gasteiger partial charge in [0.15, 0.2) is 0 Å². The fourth-order valence-electron chi connectivity index (χ4n) is 6.72. The van der Waals surface area contributed by atoms with Crippen molar-refractivity contribution < 1.29 is 38.6 Å². The van der Waals surface area contributed by atoms with E-state index in [4.69, 9.17) is 9.84 Å². The van der Waals surface area contributed by atoms with E-state index in [-0.39, 0.29) is 42.6 Å². The molecule has 0 radical (unpaired) electrons. The van der Waals surface area contributed by atoms with Gasteiger partial charge in [0.25, 0.3) is 0 Å². The number of sulfone groups is 1. The van der Waals surface area contributed by atoms with Gasteiger partial charge in [-0.25, -0.2) is 17.8 Å². The summed E-state index contributed by atoms with van der Waals surface area (Å²) in [6.07, 6.45) is 5.15. The average molecular weight is 900 g/mol. The molecule has 3 heterocycles. The van der Waals surface area contributed by atoms with E-state index in [2.05, 4.69) is 31.0 Å². The average Bonchev–Trinajstić information content (AvgIpc) is 3.75. The van der Waals surface area contributed by atoms with Crippen molar-refractivity contribution in [3.63, 3.8) is 0 Å². The van der Waals surface area contributed by atoms with Crippen molar-refractivity contribution in [2.75, 3.05) is 0 Å². The summed E-state index contributed by atoms with van der Waals surface area (Å²) in [5.41, 5.74) is 6.73. The van der Waals surface area contributed by atoms with Gasteiger partial charge >= 0.3 is 21.1 Å². The second-order valence-corrected chi connectivity index (χ2v) is 15.1. The van der Waals surface area contributed by atoms with E-state index in [9.17, 15) is 12.8 Å². The topological polar surface area (TPSA) is 79.0 Å². The third-order valence-electron chi connectivity index (χ3n) is 9.22. The van der Waals surface area contributed by atoms with Crippen LogP contribution in [0.25, 0.3) is 44.4 Å². The van der Waals surface area contributed by atoms with Crippen molar-refractivity contribution in [2.24, 2.45) is 0 Å². The zero-order valence-corrected chi connectivity index (χ0v) is 32.3. The number of aryl methyl sites for hydroxylation is 2. The van der Waals surface area contributed by atoms with Gasteiger partial charge < -0.3 is 9.30 Å². The number of halogens is 1. The van der Waals surface area contributed by atoms with Crippen LogP contribution in [-0.2, 0) is 30.9 Å². The van der Waals surface area contributed by atoms with Crippen LogP contribution in [0, 0.1) is 31.8 Å². The van der Waals surface area contributed by atoms with Crippen LogP contribution in [0.5, 0.6) is 11.5 Å². The van der Waals surface area contributed by atoms with Crippen LogP contribution in [0.4, 0.5) is 4.39 Å². The second kappa shape index (κ2) is 14.2. The van der Waals surface area contributed by atoms with Gasteiger partial charge in [-0.1, -0.05) is 55.8 Å². The zero-order valence-electron chi connectivity index (χ0n) is 29.2. The molecule has 3 aromatic heterocycles. The molecule has 10 heteroatoms. The molecule has 0 atom stereocenters. The summed E-state index contributed by atoms with van der Waals surface area (Å²) in [5, 5.41) is 6.63. The molecule has 0 aliphatic heterocycles. The zero-order chi connectivity index (χ0) is 36.1. The Morgan fingerprint density at radius 3 is 2.26 bits per heavy atom. The number of hydrogen-bond acceptors (Lipinski definition) is 5. The Balaban J connectivity index is 0.00000435. The molecule has 0 N–H and O–H groups in total. The van der Waals surface area contributed by atoms with Crippen molar-refractivity contribution in [3.8, 4) is 34.1 Å². The largest absolute Gasteiger partial charge is 2.00 e. The SMILES string of the molecule is Cc1cc(S(=O)(=O)c2ccccc2)cc(C)c1-c1cnn(-c2[c-]c(Oc3[c-]c4c(cc3)c3ccccc3n4-c3cc(F)ccn3)cc(C(C)C)c2)c1.[Pt+2]. The van der Waals surface area contributed by atoms with E-state index in [1.54, 1.807) is 53.3 Å². The third kappa shape index (κ3) is 6.71. The molecule has 0 spiro atoms. The Labute approximate surface area is 321 Å². The number of hydrogen-bond donors (Lipinski definition) is 0. The summed E-state index contributed by atoms with van der Waals surface area (Å²) in [6, 6.07) is 37.2. The van der Waals surface area contributed by atoms with Crippen molar-refractivity contribution >= 4 is 31.6 Å². The van der Waals surface area contributed by atoms with E-state index in [0.29, 0.717) is 28.5 Å². The molecule has 0 saturated carbocycles. The number of para-hydroxylation sites is 1. The van der Waals surface area contributed by atoms with Gasteiger partial charge in [-0.3, -0.25) is 4.68 Å². The predicted molar refractivity (Wildman–Crippen MR) is 201 cm³/mol. The smallest absolute Gasteiger partial charge is 0.509 e. The fraction of sp³-hybridized carbons (Fsp3) is 0.116. The van der Waals surface area contributed by atoms with Gasteiger partial charge in [-0.2, -0.15) is 11.2 Å². The molecule has 0 unspecified atom stereocenters. The van der Waals surface area contributed by atoms with Crippen LogP contribution >= 0.6 is 0 Å². The number of benzene rings is 5. The number of aromatic nitrogens is 4. The predicted octanol–water partition coefficient (Wildman–Crippen LogP) is 10.1. The van der Waals surface area contributed by atoms with Crippen molar-refractivity contribution in [2.45, 2.75) is 43.4 Å². The van der Waals surface area contributed by atoms with Gasteiger partial charge in [-0.15, -0.1) is 41.3 Å². The molecule has 0 aliphatic rings. The molecule has 0 bridgehead atoms. The molecule has 53 heavy (non-hydrogen) atoms. The fourth-order valence-corrected chi connectivity index (χ4v) is 8.17. The van der Waals surface area contributed by atoms with Crippen LogP contribution in [0.3, 0.4) is 0 Å². The minimum atomic E-state index is -3.66. The monoisotopic (exact) mass is 899 g/mol. The van der Waals surface area contributed by atoms with Crippen molar-refractivity contribution in [3.05, 3.63) is 156 Å². The van der Waals surface area contributed by atoms with Gasteiger partial charge in [0.2, 0.25) is 9.84 Å². The third-order valence-corrected chi connectivity index (χ3v) is 11.0. The molecule has 0 saturated heterocycles. The summed E-state index contributed by atoms with van der Waals surface area (Å²) in [4.78, 5) is 4.97. The van der Waals surface area contributed by atoms with E-state index >= 15 is 0 Å². The number of fused-ring (bicyclic) bond motifs is 3. The quantitative estimate of drug-likeness (QED) is 0.142. The molecule has 8 aromatic rings. The summed E-state index contributed by atoms with van der Waals surface area (Å²) >= 11 is 0. The van der Waals surface area contributed by atoms with Crippen molar-refractivity contribution in [1.29, 1.82) is 0 Å². The Hall–Kier alpha value is -5.37. The maximum absolute atomic E-state index is 14.3. The minimum Gasteiger partial charge on any atom is -0.509 e. The van der Waals surface area contributed by atoms with Crippen molar-refractivity contribution in [1.82, 2.24) is 19.3 Å². The Morgan fingerprint density at radius 2 is 1.53 bits per heavy atom. The molecular weight excluding hydrogens is 867 g/mol. The summed E-state index contributed by atoms with van der Waals surface area (Å²) in [6.45, 7) is 8.05. The Bertz CT molecular complexity index is 2740. The molecule has 8 rings (SSSR count). The number of pyridine rings is 1. The summed E-state index contributed by atoms with van der Waals surface area (Å²) in [5.74, 6) is 1.21. The Morgan fingerprint density at radius 1 is 0.792 bits per heavy atom. The molecular formula is C43H33FN4O3PtS. The van der Waals surface area contributed by atoms with Crippen LogP contribution in [0.2, 0.25) is 0 Å². The van der Waals surface area contributed by atoms with Gasteiger partial charge in [0, 0.05) is 41.0 Å². The van der Waals surface area contributed by atoms with E-state index < -0.39 is 9.84 Å². The second-order valence-electron chi connectivity index (χ2n) is 13.1. The molecule has 7 nitrogen and oxygen atoms in total. The van der Waals surface area contributed by atoms with E-state index in [0.717, 1.165) is 44.1 Å². The Kier molecular flexibility index (Phi) is 9.66. The van der Waals surface area contributed by atoms with E-state index in [1.807, 2.05) is 73.1 Å². The maximum atomic E-state index is 14.3. The normalized spacial score (nSPS) is 11.7. The number of nitrogens with zero attached hydrogens (tertiary/aromatic N) is 4. The first kappa shape index (κ1) is 36.0.